The minimum atomic E-state index is -0.335. The first-order valence-electron chi connectivity index (χ1n) is 6.35. The summed E-state index contributed by atoms with van der Waals surface area (Å²) in [5, 5.41) is 12.1. The number of aromatic nitrogens is 1. The van der Waals surface area contributed by atoms with Gasteiger partial charge in [-0.25, -0.2) is 0 Å². The van der Waals surface area contributed by atoms with Crippen molar-refractivity contribution in [3.8, 4) is 17.6 Å². The number of hydrogen-bond donors (Lipinski definition) is 3. The van der Waals surface area contributed by atoms with Crippen LogP contribution in [0.5, 0.6) is 5.75 Å². The van der Waals surface area contributed by atoms with Crippen molar-refractivity contribution in [2.75, 3.05) is 11.9 Å². The Kier molecular flexibility index (Phi) is 4.54. The van der Waals surface area contributed by atoms with Gasteiger partial charge in [0.05, 0.1) is 18.3 Å². The number of nitrogens with two attached hydrogens (primary N) is 1. The molecule has 0 radical (unpaired) electrons. The number of nitrogens with one attached hydrogen (secondary N) is 1. The standard InChI is InChI=1S/C16H15N3O2/c1-11-7-14(5-4-12(11)3-2-6-17)19-16(21)13-8-15(20)10-18-9-13/h4-5,7-10,20H,6,17H2,1H3,(H,19,21). The summed E-state index contributed by atoms with van der Waals surface area (Å²) in [6, 6.07) is 6.78. The van der Waals surface area contributed by atoms with E-state index in [9.17, 15) is 9.90 Å². The summed E-state index contributed by atoms with van der Waals surface area (Å²) in [7, 11) is 0. The van der Waals surface area contributed by atoms with E-state index < -0.39 is 0 Å². The lowest BCUT2D eigenvalue weighted by Gasteiger charge is -2.07. The van der Waals surface area contributed by atoms with E-state index in [4.69, 9.17) is 5.73 Å². The van der Waals surface area contributed by atoms with Crippen molar-refractivity contribution in [1.82, 2.24) is 4.98 Å². The fourth-order valence-electron chi connectivity index (χ4n) is 1.78. The third-order valence-electron chi connectivity index (χ3n) is 2.80. The number of aromatic hydroxyl groups is 1. The number of benzene rings is 1. The fraction of sp³-hybridized carbons (Fsp3) is 0.125. The zero-order valence-electron chi connectivity index (χ0n) is 11.6. The van der Waals surface area contributed by atoms with E-state index >= 15 is 0 Å². The molecule has 5 nitrogen and oxygen atoms in total. The number of hydrogen-bond acceptors (Lipinski definition) is 4. The van der Waals surface area contributed by atoms with Gasteiger partial charge in [-0.2, -0.15) is 0 Å². The highest BCUT2D eigenvalue weighted by molar-refractivity contribution is 6.04. The molecule has 1 aromatic carbocycles. The lowest BCUT2D eigenvalue weighted by molar-refractivity contribution is 0.102. The number of pyridine rings is 1. The Bertz CT molecular complexity index is 730. The second-order valence-electron chi connectivity index (χ2n) is 4.42. The number of carbonyl (C=O) groups is 1. The van der Waals surface area contributed by atoms with Crippen molar-refractivity contribution in [3.63, 3.8) is 0 Å². The molecule has 0 unspecified atom stereocenters. The van der Waals surface area contributed by atoms with Crippen molar-refractivity contribution in [2.45, 2.75) is 6.92 Å². The number of rotatable bonds is 2. The van der Waals surface area contributed by atoms with Crippen molar-refractivity contribution in [3.05, 3.63) is 53.3 Å². The Hall–Kier alpha value is -2.84. The minimum absolute atomic E-state index is 0.0498. The highest BCUT2D eigenvalue weighted by Crippen LogP contribution is 2.16. The molecule has 1 amide bonds. The molecule has 106 valence electrons. The SMILES string of the molecule is Cc1cc(NC(=O)c2cncc(O)c2)ccc1C#CCN. The van der Waals surface area contributed by atoms with Crippen LogP contribution in [0.2, 0.25) is 0 Å². The lowest BCUT2D eigenvalue weighted by atomic mass is 10.1. The number of anilines is 1. The van der Waals surface area contributed by atoms with Crippen LogP contribution in [0.15, 0.2) is 36.7 Å². The summed E-state index contributed by atoms with van der Waals surface area (Å²) in [4.78, 5) is 15.8. The van der Waals surface area contributed by atoms with Gasteiger partial charge in [-0.15, -0.1) is 0 Å². The number of amides is 1. The average Bonchev–Trinajstić information content (AvgIpc) is 2.46. The van der Waals surface area contributed by atoms with Crippen LogP contribution in [0.1, 0.15) is 21.5 Å². The first-order valence-corrected chi connectivity index (χ1v) is 6.35. The second-order valence-corrected chi connectivity index (χ2v) is 4.42. The Labute approximate surface area is 122 Å². The molecule has 0 aliphatic rings. The maximum Gasteiger partial charge on any atom is 0.257 e. The second kappa shape index (κ2) is 6.55. The Balaban J connectivity index is 2.17. The molecular formula is C16H15N3O2. The van der Waals surface area contributed by atoms with Gasteiger partial charge in [-0.3, -0.25) is 9.78 Å². The molecule has 1 aromatic heterocycles. The van der Waals surface area contributed by atoms with Crippen LogP contribution in [0, 0.1) is 18.8 Å². The molecule has 0 saturated heterocycles. The predicted octanol–water partition coefficient (Wildman–Crippen LogP) is 1.66. The number of carbonyl (C=O) groups excluding carboxylic acids is 1. The molecule has 2 aromatic rings. The summed E-state index contributed by atoms with van der Waals surface area (Å²) in [6.07, 6.45) is 2.66. The van der Waals surface area contributed by atoms with Crippen LogP contribution in [0.3, 0.4) is 0 Å². The van der Waals surface area contributed by atoms with Gasteiger partial charge in [0.2, 0.25) is 0 Å². The van der Waals surface area contributed by atoms with Crippen LogP contribution in [-0.2, 0) is 0 Å². The van der Waals surface area contributed by atoms with E-state index in [0.717, 1.165) is 11.1 Å². The normalized spacial score (nSPS) is 9.62. The number of nitrogens with zero attached hydrogens (tertiary/aromatic N) is 1. The quantitative estimate of drug-likeness (QED) is 0.730. The van der Waals surface area contributed by atoms with Crippen LogP contribution >= 0.6 is 0 Å². The zero-order chi connectivity index (χ0) is 15.2. The molecule has 4 N–H and O–H groups in total. The molecule has 0 aliphatic carbocycles. The van der Waals surface area contributed by atoms with Gasteiger partial charge in [0.15, 0.2) is 0 Å². The summed E-state index contributed by atoms with van der Waals surface area (Å²) >= 11 is 0. The molecule has 2 rings (SSSR count). The maximum atomic E-state index is 12.0. The largest absolute Gasteiger partial charge is 0.506 e. The highest BCUT2D eigenvalue weighted by Gasteiger charge is 2.08. The van der Waals surface area contributed by atoms with Gasteiger partial charge in [0.25, 0.3) is 5.91 Å². The van der Waals surface area contributed by atoms with Gasteiger partial charge in [-0.05, 0) is 36.8 Å². The first kappa shape index (κ1) is 14.6. The topological polar surface area (TPSA) is 88.2 Å². The summed E-state index contributed by atoms with van der Waals surface area (Å²) in [5.41, 5.74) is 8.10. The zero-order valence-corrected chi connectivity index (χ0v) is 11.6. The van der Waals surface area contributed by atoms with E-state index in [-0.39, 0.29) is 11.7 Å². The predicted molar refractivity (Wildman–Crippen MR) is 81.0 cm³/mol. The van der Waals surface area contributed by atoms with Crippen molar-refractivity contribution in [2.24, 2.45) is 5.73 Å². The monoisotopic (exact) mass is 281 g/mol. The molecule has 0 saturated carbocycles. The summed E-state index contributed by atoms with van der Waals surface area (Å²) in [6.45, 7) is 2.22. The van der Waals surface area contributed by atoms with Crippen LogP contribution in [0.25, 0.3) is 0 Å². The Morgan fingerprint density at radius 1 is 1.38 bits per heavy atom. The van der Waals surface area contributed by atoms with E-state index in [1.54, 1.807) is 6.07 Å². The molecule has 5 heteroatoms. The van der Waals surface area contributed by atoms with Crippen molar-refractivity contribution < 1.29 is 9.90 Å². The smallest absolute Gasteiger partial charge is 0.257 e. The Morgan fingerprint density at radius 3 is 2.86 bits per heavy atom. The van der Waals surface area contributed by atoms with E-state index in [2.05, 4.69) is 22.1 Å². The molecule has 0 fully saturated rings. The molecular weight excluding hydrogens is 266 g/mol. The van der Waals surface area contributed by atoms with Crippen molar-refractivity contribution >= 4 is 11.6 Å². The summed E-state index contributed by atoms with van der Waals surface area (Å²) < 4.78 is 0. The molecule has 21 heavy (non-hydrogen) atoms. The van der Waals surface area contributed by atoms with E-state index in [0.29, 0.717) is 17.8 Å². The van der Waals surface area contributed by atoms with Gasteiger partial charge < -0.3 is 16.2 Å². The lowest BCUT2D eigenvalue weighted by Crippen LogP contribution is -2.12. The average molecular weight is 281 g/mol. The third-order valence-corrected chi connectivity index (χ3v) is 2.80. The maximum absolute atomic E-state index is 12.0. The van der Waals surface area contributed by atoms with Crippen molar-refractivity contribution in [1.29, 1.82) is 0 Å². The molecule has 0 aliphatic heterocycles. The van der Waals surface area contributed by atoms with Gasteiger partial charge in [0, 0.05) is 17.4 Å². The minimum Gasteiger partial charge on any atom is -0.506 e. The first-order chi connectivity index (χ1) is 10.1. The van der Waals surface area contributed by atoms with E-state index in [1.165, 1.54) is 18.5 Å². The summed E-state index contributed by atoms with van der Waals surface area (Å²) in [5.74, 6) is 5.37. The molecule has 0 atom stereocenters. The van der Waals surface area contributed by atoms with Gasteiger partial charge in [-0.1, -0.05) is 11.8 Å². The van der Waals surface area contributed by atoms with Gasteiger partial charge in [0.1, 0.15) is 5.75 Å². The Morgan fingerprint density at radius 2 is 2.19 bits per heavy atom. The van der Waals surface area contributed by atoms with Crippen LogP contribution in [0.4, 0.5) is 5.69 Å². The molecule has 0 spiro atoms. The fourth-order valence-corrected chi connectivity index (χ4v) is 1.78. The number of aryl methyl sites for hydroxylation is 1. The molecule has 0 bridgehead atoms. The van der Waals surface area contributed by atoms with Gasteiger partial charge >= 0.3 is 0 Å². The highest BCUT2D eigenvalue weighted by atomic mass is 16.3. The molecule has 1 heterocycles. The third kappa shape index (κ3) is 3.81. The van der Waals surface area contributed by atoms with Crippen LogP contribution < -0.4 is 11.1 Å². The van der Waals surface area contributed by atoms with Crippen LogP contribution in [-0.4, -0.2) is 22.5 Å². The van der Waals surface area contributed by atoms with E-state index in [1.807, 2.05) is 19.1 Å².